The first-order valence-corrected chi connectivity index (χ1v) is 6.78. The van der Waals surface area contributed by atoms with Crippen molar-refractivity contribution >= 4 is 12.0 Å². The molecule has 7 heteroatoms. The van der Waals surface area contributed by atoms with Crippen molar-refractivity contribution in [2.75, 3.05) is 33.4 Å². The number of nitrogens with zero attached hydrogens (tertiary/aromatic N) is 1. The fraction of sp³-hybridized carbons (Fsp3) is 0.400. The smallest absolute Gasteiger partial charge is 0.387 e. The topological polar surface area (TPSA) is 48.0 Å². The summed E-state index contributed by atoms with van der Waals surface area (Å²) in [6.45, 7) is -0.946. The number of morpholine rings is 1. The molecule has 1 aliphatic heterocycles. The molecule has 0 N–H and O–H groups in total. The lowest BCUT2D eigenvalue weighted by atomic mass is 10.1. The number of halogens is 2. The molecule has 1 saturated heterocycles. The minimum atomic E-state index is -2.97. The number of carbonyl (C=O) groups excluding carboxylic acids is 1. The Kier molecular flexibility index (Phi) is 5.71. The summed E-state index contributed by atoms with van der Waals surface area (Å²) >= 11 is 0. The van der Waals surface area contributed by atoms with Gasteiger partial charge in [0.05, 0.1) is 20.3 Å². The van der Waals surface area contributed by atoms with Crippen molar-refractivity contribution in [1.82, 2.24) is 4.90 Å². The van der Waals surface area contributed by atoms with Crippen molar-refractivity contribution < 1.29 is 27.8 Å². The summed E-state index contributed by atoms with van der Waals surface area (Å²) in [5, 5.41) is 0. The van der Waals surface area contributed by atoms with Gasteiger partial charge in [-0.25, -0.2) is 0 Å². The first-order valence-electron chi connectivity index (χ1n) is 6.78. The van der Waals surface area contributed by atoms with E-state index in [0.717, 1.165) is 0 Å². The first kappa shape index (κ1) is 16.2. The Balaban J connectivity index is 2.16. The summed E-state index contributed by atoms with van der Waals surface area (Å²) in [5.41, 5.74) is 0.348. The van der Waals surface area contributed by atoms with Gasteiger partial charge < -0.3 is 19.1 Å². The number of amides is 1. The monoisotopic (exact) mass is 313 g/mol. The van der Waals surface area contributed by atoms with Crippen LogP contribution in [0.4, 0.5) is 8.78 Å². The molecule has 0 spiro atoms. The Labute approximate surface area is 127 Å². The maximum Gasteiger partial charge on any atom is 0.387 e. The highest BCUT2D eigenvalue weighted by Gasteiger charge is 2.16. The number of rotatable bonds is 5. The zero-order chi connectivity index (χ0) is 15.9. The van der Waals surface area contributed by atoms with E-state index in [2.05, 4.69) is 4.74 Å². The second-order valence-corrected chi connectivity index (χ2v) is 4.53. The van der Waals surface area contributed by atoms with E-state index in [4.69, 9.17) is 9.47 Å². The standard InChI is InChI=1S/C15H17F2NO4/c1-20-12-4-2-3-11(14(12)22-15(16)17)5-6-13(19)18-7-9-21-10-8-18/h2-6,15H,7-10H2,1H3. The molecular weight excluding hydrogens is 296 g/mol. The average molecular weight is 313 g/mol. The molecule has 1 amide bonds. The van der Waals surface area contributed by atoms with Crippen LogP contribution in [0.15, 0.2) is 24.3 Å². The molecule has 5 nitrogen and oxygen atoms in total. The second kappa shape index (κ2) is 7.74. The van der Waals surface area contributed by atoms with Crippen LogP contribution in [0.3, 0.4) is 0 Å². The number of hydrogen-bond donors (Lipinski definition) is 0. The van der Waals surface area contributed by atoms with Gasteiger partial charge in [0.2, 0.25) is 5.91 Å². The predicted octanol–water partition coefficient (Wildman–Crippen LogP) is 2.17. The van der Waals surface area contributed by atoms with Gasteiger partial charge in [-0.05, 0) is 12.1 Å². The van der Waals surface area contributed by atoms with Crippen molar-refractivity contribution in [3.63, 3.8) is 0 Å². The van der Waals surface area contributed by atoms with Gasteiger partial charge in [0.15, 0.2) is 11.5 Å². The van der Waals surface area contributed by atoms with Crippen LogP contribution in [0.1, 0.15) is 5.56 Å². The third-order valence-corrected chi connectivity index (χ3v) is 3.16. The van der Waals surface area contributed by atoms with E-state index in [1.165, 1.54) is 25.3 Å². The highest BCUT2D eigenvalue weighted by Crippen LogP contribution is 2.33. The Morgan fingerprint density at radius 1 is 1.36 bits per heavy atom. The molecule has 0 unspecified atom stereocenters. The second-order valence-electron chi connectivity index (χ2n) is 4.53. The fourth-order valence-electron chi connectivity index (χ4n) is 2.09. The molecule has 0 saturated carbocycles. The van der Waals surface area contributed by atoms with E-state index in [-0.39, 0.29) is 17.4 Å². The van der Waals surface area contributed by atoms with Gasteiger partial charge in [-0.1, -0.05) is 12.1 Å². The summed E-state index contributed by atoms with van der Waals surface area (Å²) in [6.07, 6.45) is 2.77. The minimum Gasteiger partial charge on any atom is -0.493 e. The van der Waals surface area contributed by atoms with Gasteiger partial charge >= 0.3 is 6.61 Å². The van der Waals surface area contributed by atoms with Crippen LogP contribution in [0.25, 0.3) is 6.08 Å². The van der Waals surface area contributed by atoms with Gasteiger partial charge in [-0.3, -0.25) is 4.79 Å². The highest BCUT2D eigenvalue weighted by molar-refractivity contribution is 5.92. The summed E-state index contributed by atoms with van der Waals surface area (Å²) < 4.78 is 39.7. The largest absolute Gasteiger partial charge is 0.493 e. The maximum absolute atomic E-state index is 12.5. The van der Waals surface area contributed by atoms with E-state index in [1.54, 1.807) is 17.0 Å². The van der Waals surface area contributed by atoms with Crippen LogP contribution >= 0.6 is 0 Å². The molecule has 0 radical (unpaired) electrons. The van der Waals surface area contributed by atoms with Crippen molar-refractivity contribution in [2.24, 2.45) is 0 Å². The van der Waals surface area contributed by atoms with Crippen LogP contribution in [0, 0.1) is 0 Å². The number of ether oxygens (including phenoxy) is 3. The Hall–Kier alpha value is -2.15. The maximum atomic E-state index is 12.5. The molecule has 2 rings (SSSR count). The first-order chi connectivity index (χ1) is 10.6. The lowest BCUT2D eigenvalue weighted by Gasteiger charge is -2.25. The van der Waals surface area contributed by atoms with Crippen LogP contribution in [0.2, 0.25) is 0 Å². The minimum absolute atomic E-state index is 0.0916. The summed E-state index contributed by atoms with van der Waals surface area (Å²) in [5.74, 6) is -0.110. The number of para-hydroxylation sites is 1. The predicted molar refractivity (Wildman–Crippen MR) is 76.1 cm³/mol. The molecule has 1 heterocycles. The summed E-state index contributed by atoms with van der Waals surface area (Å²) in [6, 6.07) is 4.72. The Bertz CT molecular complexity index is 542. The van der Waals surface area contributed by atoms with Gasteiger partial charge in [-0.2, -0.15) is 8.78 Å². The quantitative estimate of drug-likeness (QED) is 0.782. The van der Waals surface area contributed by atoms with E-state index in [1.807, 2.05) is 0 Å². The molecule has 1 fully saturated rings. The molecule has 1 aromatic carbocycles. The SMILES string of the molecule is COc1cccc(C=CC(=O)N2CCOCC2)c1OC(F)F. The molecule has 0 aromatic heterocycles. The lowest BCUT2D eigenvalue weighted by molar-refractivity contribution is -0.129. The third-order valence-electron chi connectivity index (χ3n) is 3.16. The average Bonchev–Trinajstić information content (AvgIpc) is 2.53. The number of alkyl halides is 2. The third kappa shape index (κ3) is 4.17. The molecule has 0 bridgehead atoms. The summed E-state index contributed by atoms with van der Waals surface area (Å²) in [4.78, 5) is 13.7. The van der Waals surface area contributed by atoms with Crippen molar-refractivity contribution in [2.45, 2.75) is 6.61 Å². The molecule has 0 atom stereocenters. The van der Waals surface area contributed by atoms with Crippen molar-refractivity contribution in [3.8, 4) is 11.5 Å². The Morgan fingerprint density at radius 2 is 2.09 bits per heavy atom. The van der Waals surface area contributed by atoms with E-state index < -0.39 is 6.61 Å². The Morgan fingerprint density at radius 3 is 2.73 bits per heavy atom. The van der Waals surface area contributed by atoms with Crippen LogP contribution in [-0.2, 0) is 9.53 Å². The number of benzene rings is 1. The van der Waals surface area contributed by atoms with Crippen LogP contribution < -0.4 is 9.47 Å². The van der Waals surface area contributed by atoms with Crippen molar-refractivity contribution in [3.05, 3.63) is 29.8 Å². The highest BCUT2D eigenvalue weighted by atomic mass is 19.3. The lowest BCUT2D eigenvalue weighted by Crippen LogP contribution is -2.39. The number of hydrogen-bond acceptors (Lipinski definition) is 4. The molecule has 120 valence electrons. The summed E-state index contributed by atoms with van der Waals surface area (Å²) in [7, 11) is 1.36. The molecular formula is C15H17F2NO4. The van der Waals surface area contributed by atoms with Crippen LogP contribution in [-0.4, -0.2) is 50.8 Å². The fourth-order valence-corrected chi connectivity index (χ4v) is 2.09. The molecule has 1 aromatic rings. The number of methoxy groups -OCH3 is 1. The van der Waals surface area contributed by atoms with Gasteiger partial charge in [0.1, 0.15) is 0 Å². The molecule has 1 aliphatic rings. The van der Waals surface area contributed by atoms with E-state index in [9.17, 15) is 13.6 Å². The normalized spacial score (nSPS) is 15.4. The zero-order valence-corrected chi connectivity index (χ0v) is 12.1. The number of carbonyl (C=O) groups is 1. The van der Waals surface area contributed by atoms with Gasteiger partial charge in [-0.15, -0.1) is 0 Å². The van der Waals surface area contributed by atoms with E-state index >= 15 is 0 Å². The molecule has 22 heavy (non-hydrogen) atoms. The molecule has 0 aliphatic carbocycles. The van der Waals surface area contributed by atoms with Gasteiger partial charge in [0.25, 0.3) is 0 Å². The van der Waals surface area contributed by atoms with E-state index in [0.29, 0.717) is 31.9 Å². The van der Waals surface area contributed by atoms with Gasteiger partial charge in [0, 0.05) is 24.7 Å². The van der Waals surface area contributed by atoms with Crippen molar-refractivity contribution in [1.29, 1.82) is 0 Å². The zero-order valence-electron chi connectivity index (χ0n) is 12.1. The van der Waals surface area contributed by atoms with Crippen LogP contribution in [0.5, 0.6) is 11.5 Å².